The van der Waals surface area contributed by atoms with Gasteiger partial charge >= 0.3 is 0 Å². The van der Waals surface area contributed by atoms with Gasteiger partial charge in [0.2, 0.25) is 0 Å². The van der Waals surface area contributed by atoms with Crippen molar-refractivity contribution >= 4 is 40.5 Å². The van der Waals surface area contributed by atoms with Gasteiger partial charge in [-0.3, -0.25) is 4.79 Å². The summed E-state index contributed by atoms with van der Waals surface area (Å²) in [6.45, 7) is 0. The van der Waals surface area contributed by atoms with E-state index in [1.807, 2.05) is 0 Å². The standard InChI is InChI=1S/C13H8Cl2F2N2O/c14-7-2-1-6(5-8(7)15)19-13(20)11-9(16)3-4-10(18)12(11)17/h1-5H,18H2,(H,19,20). The zero-order valence-corrected chi connectivity index (χ0v) is 11.4. The molecule has 2 aromatic carbocycles. The van der Waals surface area contributed by atoms with Crippen molar-refractivity contribution in [1.29, 1.82) is 0 Å². The average Bonchev–Trinajstić information content (AvgIpc) is 2.39. The van der Waals surface area contributed by atoms with Crippen LogP contribution in [-0.2, 0) is 0 Å². The van der Waals surface area contributed by atoms with Crippen molar-refractivity contribution in [3.63, 3.8) is 0 Å². The topological polar surface area (TPSA) is 55.1 Å². The number of nitrogen functional groups attached to an aromatic ring is 1. The molecule has 3 nitrogen and oxygen atoms in total. The largest absolute Gasteiger partial charge is 0.396 e. The number of nitrogens with one attached hydrogen (secondary N) is 1. The Kier molecular flexibility index (Phi) is 4.11. The Balaban J connectivity index is 2.33. The van der Waals surface area contributed by atoms with Crippen LogP contribution in [0.5, 0.6) is 0 Å². The Morgan fingerprint density at radius 3 is 2.45 bits per heavy atom. The lowest BCUT2D eigenvalue weighted by atomic mass is 10.1. The van der Waals surface area contributed by atoms with E-state index in [1.165, 1.54) is 18.2 Å². The molecule has 0 aromatic heterocycles. The van der Waals surface area contributed by atoms with Crippen molar-refractivity contribution in [2.75, 3.05) is 11.1 Å². The number of amides is 1. The zero-order chi connectivity index (χ0) is 14.9. The van der Waals surface area contributed by atoms with Crippen molar-refractivity contribution in [3.05, 3.63) is 57.6 Å². The van der Waals surface area contributed by atoms with Crippen molar-refractivity contribution in [2.24, 2.45) is 0 Å². The van der Waals surface area contributed by atoms with Crippen molar-refractivity contribution in [1.82, 2.24) is 0 Å². The number of benzene rings is 2. The van der Waals surface area contributed by atoms with E-state index in [0.29, 0.717) is 5.02 Å². The maximum Gasteiger partial charge on any atom is 0.261 e. The molecule has 0 aliphatic heterocycles. The van der Waals surface area contributed by atoms with E-state index in [-0.39, 0.29) is 16.4 Å². The van der Waals surface area contributed by atoms with E-state index in [2.05, 4.69) is 5.32 Å². The van der Waals surface area contributed by atoms with Crippen LogP contribution in [-0.4, -0.2) is 5.91 Å². The lowest BCUT2D eigenvalue weighted by Crippen LogP contribution is -2.16. The van der Waals surface area contributed by atoms with Crippen molar-refractivity contribution < 1.29 is 13.6 Å². The van der Waals surface area contributed by atoms with Crippen LogP contribution in [0.4, 0.5) is 20.2 Å². The number of hydrogen-bond donors (Lipinski definition) is 2. The van der Waals surface area contributed by atoms with Gasteiger partial charge < -0.3 is 11.1 Å². The first kappa shape index (κ1) is 14.6. The first-order chi connectivity index (χ1) is 9.40. The Labute approximate surface area is 123 Å². The summed E-state index contributed by atoms with van der Waals surface area (Å²) in [6, 6.07) is 6.23. The zero-order valence-electron chi connectivity index (χ0n) is 9.88. The number of rotatable bonds is 2. The summed E-state index contributed by atoms with van der Waals surface area (Å²) >= 11 is 11.5. The fourth-order valence-electron chi connectivity index (χ4n) is 1.54. The molecule has 0 unspecified atom stereocenters. The lowest BCUT2D eigenvalue weighted by Gasteiger charge is -2.09. The molecule has 0 aliphatic rings. The Bertz CT molecular complexity index is 692. The van der Waals surface area contributed by atoms with E-state index in [9.17, 15) is 13.6 Å². The fraction of sp³-hybridized carbons (Fsp3) is 0. The molecule has 7 heteroatoms. The molecule has 3 N–H and O–H groups in total. The highest BCUT2D eigenvalue weighted by molar-refractivity contribution is 6.42. The van der Waals surface area contributed by atoms with Crippen LogP contribution in [0.3, 0.4) is 0 Å². The molecule has 0 spiro atoms. The molecule has 0 heterocycles. The minimum atomic E-state index is -1.11. The fourth-order valence-corrected chi connectivity index (χ4v) is 1.84. The van der Waals surface area contributed by atoms with Gasteiger partial charge in [0.1, 0.15) is 11.4 Å². The Morgan fingerprint density at radius 2 is 1.80 bits per heavy atom. The third-order valence-electron chi connectivity index (χ3n) is 2.53. The minimum Gasteiger partial charge on any atom is -0.396 e. The predicted octanol–water partition coefficient (Wildman–Crippen LogP) is 4.11. The summed E-state index contributed by atoms with van der Waals surface area (Å²) in [5.41, 5.74) is 4.49. The third-order valence-corrected chi connectivity index (χ3v) is 3.26. The van der Waals surface area contributed by atoms with Gasteiger partial charge in [0.25, 0.3) is 5.91 Å². The van der Waals surface area contributed by atoms with Crippen LogP contribution in [0.25, 0.3) is 0 Å². The molecule has 0 radical (unpaired) electrons. The molecule has 0 fully saturated rings. The van der Waals surface area contributed by atoms with Crippen molar-refractivity contribution in [2.45, 2.75) is 0 Å². The molecule has 104 valence electrons. The predicted molar refractivity (Wildman–Crippen MR) is 75.2 cm³/mol. The molecule has 1 amide bonds. The first-order valence-electron chi connectivity index (χ1n) is 5.40. The van der Waals surface area contributed by atoms with E-state index >= 15 is 0 Å². The number of carbonyl (C=O) groups is 1. The highest BCUT2D eigenvalue weighted by Crippen LogP contribution is 2.26. The van der Waals surface area contributed by atoms with Gasteiger partial charge in [-0.1, -0.05) is 23.2 Å². The van der Waals surface area contributed by atoms with Gasteiger partial charge in [-0.25, -0.2) is 8.78 Å². The smallest absolute Gasteiger partial charge is 0.261 e. The molecular formula is C13H8Cl2F2N2O. The van der Waals surface area contributed by atoms with E-state index in [1.54, 1.807) is 0 Å². The maximum atomic E-state index is 13.7. The van der Waals surface area contributed by atoms with Gasteiger partial charge in [0.05, 0.1) is 15.7 Å². The maximum absolute atomic E-state index is 13.7. The molecule has 0 saturated heterocycles. The van der Waals surface area contributed by atoms with Crippen LogP contribution in [0.2, 0.25) is 10.0 Å². The molecule has 0 atom stereocenters. The highest BCUT2D eigenvalue weighted by Gasteiger charge is 2.19. The Morgan fingerprint density at radius 1 is 1.10 bits per heavy atom. The van der Waals surface area contributed by atoms with E-state index in [0.717, 1.165) is 12.1 Å². The van der Waals surface area contributed by atoms with Crippen LogP contribution in [0, 0.1) is 11.6 Å². The van der Waals surface area contributed by atoms with Crippen molar-refractivity contribution in [3.8, 4) is 0 Å². The summed E-state index contributed by atoms with van der Waals surface area (Å²) < 4.78 is 27.2. The van der Waals surface area contributed by atoms with Gasteiger partial charge in [-0.05, 0) is 30.3 Å². The molecule has 0 aliphatic carbocycles. The average molecular weight is 317 g/mol. The number of anilines is 2. The summed E-state index contributed by atoms with van der Waals surface area (Å²) in [5.74, 6) is -3.08. The lowest BCUT2D eigenvalue weighted by molar-refractivity contribution is 0.101. The first-order valence-corrected chi connectivity index (χ1v) is 6.15. The third kappa shape index (κ3) is 2.84. The summed E-state index contributed by atoms with van der Waals surface area (Å²) in [7, 11) is 0. The SMILES string of the molecule is Nc1ccc(F)c(C(=O)Nc2ccc(Cl)c(Cl)c2)c1F. The molecule has 2 aromatic rings. The van der Waals surface area contributed by atoms with E-state index < -0.39 is 23.1 Å². The van der Waals surface area contributed by atoms with Gasteiger partial charge in [-0.2, -0.15) is 0 Å². The molecule has 20 heavy (non-hydrogen) atoms. The second kappa shape index (κ2) is 5.64. The van der Waals surface area contributed by atoms with Crippen LogP contribution in [0.15, 0.2) is 30.3 Å². The van der Waals surface area contributed by atoms with Gasteiger partial charge in [-0.15, -0.1) is 0 Å². The second-order valence-electron chi connectivity index (χ2n) is 3.91. The van der Waals surface area contributed by atoms with Gasteiger partial charge in [0.15, 0.2) is 5.82 Å². The monoisotopic (exact) mass is 316 g/mol. The normalized spacial score (nSPS) is 10.4. The number of halogens is 4. The molecule has 2 rings (SSSR count). The second-order valence-corrected chi connectivity index (χ2v) is 4.72. The van der Waals surface area contributed by atoms with Gasteiger partial charge in [0, 0.05) is 5.69 Å². The minimum absolute atomic E-state index is 0.206. The van der Waals surface area contributed by atoms with Crippen LogP contribution < -0.4 is 11.1 Å². The quantitative estimate of drug-likeness (QED) is 0.819. The highest BCUT2D eigenvalue weighted by atomic mass is 35.5. The Hall–Kier alpha value is -1.85. The molecule has 0 bridgehead atoms. The number of hydrogen-bond acceptors (Lipinski definition) is 2. The molecular weight excluding hydrogens is 309 g/mol. The number of nitrogens with two attached hydrogens (primary N) is 1. The summed E-state index contributed by atoms with van der Waals surface area (Å²) in [6.07, 6.45) is 0. The number of carbonyl (C=O) groups excluding carboxylic acids is 1. The summed E-state index contributed by atoms with van der Waals surface area (Å²) in [5, 5.41) is 2.82. The summed E-state index contributed by atoms with van der Waals surface area (Å²) in [4.78, 5) is 11.9. The van der Waals surface area contributed by atoms with Crippen LogP contribution >= 0.6 is 23.2 Å². The van der Waals surface area contributed by atoms with Crippen LogP contribution in [0.1, 0.15) is 10.4 Å². The molecule has 0 saturated carbocycles. The van der Waals surface area contributed by atoms with E-state index in [4.69, 9.17) is 28.9 Å².